The second-order valence-electron chi connectivity index (χ2n) is 2.37. The van der Waals surface area contributed by atoms with Gasteiger partial charge < -0.3 is 10.3 Å². The summed E-state index contributed by atoms with van der Waals surface area (Å²) in [6.07, 6.45) is 0. The second kappa shape index (κ2) is 4.77. The zero-order valence-corrected chi connectivity index (χ0v) is 9.71. The van der Waals surface area contributed by atoms with E-state index >= 15 is 0 Å². The number of hydrogen-bond donors (Lipinski definition) is 2. The Morgan fingerprint density at radius 2 is 2.29 bits per heavy atom. The summed E-state index contributed by atoms with van der Waals surface area (Å²) in [5.41, 5.74) is 6.35. The van der Waals surface area contributed by atoms with Crippen LogP contribution in [-0.2, 0) is 0 Å². The molecule has 5 nitrogen and oxygen atoms in total. The molecule has 0 saturated heterocycles. The molecule has 0 saturated carbocycles. The number of anilines is 1. The summed E-state index contributed by atoms with van der Waals surface area (Å²) in [5.74, 6) is 0.669. The van der Waals surface area contributed by atoms with E-state index in [0.29, 0.717) is 11.4 Å². The molecule has 0 bridgehead atoms. The summed E-state index contributed by atoms with van der Waals surface area (Å²) in [7, 11) is 0.541. The van der Waals surface area contributed by atoms with Gasteiger partial charge in [-0.3, -0.25) is 0 Å². The lowest BCUT2D eigenvalue weighted by Crippen LogP contribution is -1.98. The third-order valence-electron chi connectivity index (χ3n) is 1.44. The minimum Gasteiger partial charge on any atom is -0.437 e. The number of hydrogen-bond acceptors (Lipinski definition) is 5. The molecule has 2 rings (SSSR count). The van der Waals surface area contributed by atoms with Crippen LogP contribution in [0.4, 0.5) is 5.69 Å². The molecule has 14 heavy (non-hydrogen) atoms. The standard InChI is InChI=1S/C6H7N4OP3/c7-5-3-1-2-4-6(5)11-14-9-12-8-13-10-14/h1-4H,7H2,(H,8,9,10). The normalized spacial score (nSPS) is 21.9. The van der Waals surface area contributed by atoms with Crippen molar-refractivity contribution in [3.05, 3.63) is 24.3 Å². The molecule has 72 valence electrons. The highest BCUT2D eigenvalue weighted by Gasteiger charge is 2.12. The Balaban J connectivity index is 2.07. The number of nitrogen functional groups attached to an aromatic ring is 1. The van der Waals surface area contributed by atoms with Gasteiger partial charge in [-0.2, -0.15) is 13.9 Å². The van der Waals surface area contributed by atoms with E-state index in [1.54, 1.807) is 6.07 Å². The van der Waals surface area contributed by atoms with Crippen LogP contribution in [0.1, 0.15) is 0 Å². The number of benzene rings is 1. The van der Waals surface area contributed by atoms with E-state index in [9.17, 15) is 0 Å². The molecule has 3 N–H and O–H groups in total. The van der Waals surface area contributed by atoms with E-state index in [-0.39, 0.29) is 0 Å². The Bertz CT molecular complexity index is 383. The van der Waals surface area contributed by atoms with Crippen LogP contribution in [0.25, 0.3) is 0 Å². The van der Waals surface area contributed by atoms with Gasteiger partial charge >= 0.3 is 8.45 Å². The molecule has 0 amide bonds. The monoisotopic (exact) mass is 244 g/mol. The van der Waals surface area contributed by atoms with Crippen molar-refractivity contribution in [3.8, 4) is 5.75 Å². The van der Waals surface area contributed by atoms with E-state index in [4.69, 9.17) is 10.3 Å². The van der Waals surface area contributed by atoms with E-state index in [0.717, 1.165) is 17.0 Å². The minimum absolute atomic E-state index is 0.628. The lowest BCUT2D eigenvalue weighted by atomic mass is 10.3. The first kappa shape index (κ1) is 9.95. The fourth-order valence-electron chi connectivity index (χ4n) is 0.848. The van der Waals surface area contributed by atoms with Crippen LogP contribution < -0.4 is 15.1 Å². The maximum absolute atomic E-state index is 5.73. The third-order valence-corrected chi connectivity index (χ3v) is 4.50. The first-order chi connectivity index (χ1) is 6.86. The topological polar surface area (TPSA) is 72.0 Å². The van der Waals surface area contributed by atoms with Crippen molar-refractivity contribution in [1.82, 2.24) is 4.86 Å². The van der Waals surface area contributed by atoms with Crippen molar-refractivity contribution >= 4 is 31.2 Å². The van der Waals surface area contributed by atoms with Crippen LogP contribution in [0.15, 0.2) is 33.3 Å². The second-order valence-corrected chi connectivity index (χ2v) is 5.71. The molecule has 1 heterocycles. The van der Waals surface area contributed by atoms with Crippen LogP contribution in [-0.4, -0.2) is 0 Å². The van der Waals surface area contributed by atoms with Gasteiger partial charge in [0.1, 0.15) is 14.3 Å². The molecule has 1 aliphatic heterocycles. The molecule has 0 fully saturated rings. The Labute approximate surface area is 85.9 Å². The first-order valence-electron chi connectivity index (χ1n) is 3.75. The van der Waals surface area contributed by atoms with Gasteiger partial charge in [-0.05, 0) is 12.1 Å². The lowest BCUT2D eigenvalue weighted by Gasteiger charge is -2.13. The molecule has 1 atom stereocenters. The summed E-state index contributed by atoms with van der Waals surface area (Å²) >= 11 is 0. The molecule has 1 unspecified atom stereocenters. The number of nitrogens with one attached hydrogen (secondary N) is 1. The molecule has 1 aliphatic rings. The van der Waals surface area contributed by atoms with Crippen molar-refractivity contribution in [2.24, 2.45) is 9.03 Å². The van der Waals surface area contributed by atoms with E-state index < -0.39 is 8.45 Å². The van der Waals surface area contributed by atoms with E-state index in [2.05, 4.69) is 13.9 Å². The average molecular weight is 244 g/mol. The molecule has 1 aromatic carbocycles. The zero-order chi connectivity index (χ0) is 9.80. The Morgan fingerprint density at radius 1 is 1.43 bits per heavy atom. The zero-order valence-electron chi connectivity index (χ0n) is 7.03. The third kappa shape index (κ3) is 2.46. The van der Waals surface area contributed by atoms with Crippen molar-refractivity contribution < 1.29 is 4.52 Å². The molecule has 0 aliphatic carbocycles. The molecular formula is C6H7N4OP3. The van der Waals surface area contributed by atoms with Gasteiger partial charge in [0.2, 0.25) is 0 Å². The van der Waals surface area contributed by atoms with Crippen LogP contribution in [0.3, 0.4) is 0 Å². The molecular weight excluding hydrogens is 237 g/mol. The quantitative estimate of drug-likeness (QED) is 0.616. The van der Waals surface area contributed by atoms with Crippen LogP contribution in [0, 0.1) is 0 Å². The predicted molar refractivity (Wildman–Crippen MR) is 60.2 cm³/mol. The maximum atomic E-state index is 5.73. The molecule has 0 radical (unpaired) electrons. The molecule has 1 aromatic rings. The highest BCUT2D eigenvalue weighted by Crippen LogP contribution is 2.45. The summed E-state index contributed by atoms with van der Waals surface area (Å²) in [6, 6.07) is 7.38. The SMILES string of the molecule is Nc1ccccc1OP1N=PN=PN1. The van der Waals surface area contributed by atoms with Gasteiger partial charge in [0.25, 0.3) is 0 Å². The van der Waals surface area contributed by atoms with Gasteiger partial charge in [0.05, 0.1) is 5.69 Å². The molecule has 0 aromatic heterocycles. The smallest absolute Gasteiger partial charge is 0.311 e. The molecule has 8 heteroatoms. The fraction of sp³-hybridized carbons (Fsp3) is 0. The van der Waals surface area contributed by atoms with Crippen molar-refractivity contribution in [3.63, 3.8) is 0 Å². The maximum Gasteiger partial charge on any atom is 0.311 e. The Morgan fingerprint density at radius 3 is 3.00 bits per heavy atom. The number of para-hydroxylation sites is 2. The first-order valence-corrected chi connectivity index (χ1v) is 6.61. The van der Waals surface area contributed by atoms with Gasteiger partial charge in [0.15, 0.2) is 8.52 Å². The molecule has 0 spiro atoms. The lowest BCUT2D eigenvalue weighted by molar-refractivity contribution is 0.615. The minimum atomic E-state index is -0.988. The van der Waals surface area contributed by atoms with Gasteiger partial charge in [0, 0.05) is 0 Å². The van der Waals surface area contributed by atoms with Crippen LogP contribution >= 0.6 is 25.5 Å². The van der Waals surface area contributed by atoms with Gasteiger partial charge in [-0.15, -0.1) is 0 Å². The van der Waals surface area contributed by atoms with E-state index in [1.165, 1.54) is 0 Å². The van der Waals surface area contributed by atoms with E-state index in [1.807, 2.05) is 18.2 Å². The van der Waals surface area contributed by atoms with Crippen molar-refractivity contribution in [2.75, 3.05) is 5.73 Å². The van der Waals surface area contributed by atoms with Crippen LogP contribution in [0.2, 0.25) is 0 Å². The Hall–Kier alpha value is -0.590. The van der Waals surface area contributed by atoms with Crippen molar-refractivity contribution in [1.29, 1.82) is 0 Å². The largest absolute Gasteiger partial charge is 0.437 e. The van der Waals surface area contributed by atoms with Crippen molar-refractivity contribution in [2.45, 2.75) is 0 Å². The average Bonchev–Trinajstić information content (AvgIpc) is 2.23. The van der Waals surface area contributed by atoms with Gasteiger partial charge in [-0.25, -0.2) is 0 Å². The summed E-state index contributed by atoms with van der Waals surface area (Å²) in [6.45, 7) is 0. The number of nitrogens with zero attached hydrogens (tertiary/aromatic N) is 2. The summed E-state index contributed by atoms with van der Waals surface area (Å²) in [5, 5.41) is 0. The highest BCUT2D eigenvalue weighted by molar-refractivity contribution is 7.64. The van der Waals surface area contributed by atoms with Crippen LogP contribution in [0.5, 0.6) is 5.75 Å². The Kier molecular flexibility index (Phi) is 3.39. The fourth-order valence-corrected chi connectivity index (χ4v) is 3.77. The summed E-state index contributed by atoms with van der Waals surface area (Å²) < 4.78 is 13.7. The number of nitrogens with two attached hydrogens (primary N) is 1. The highest BCUT2D eigenvalue weighted by atomic mass is 31.2. The number of rotatable bonds is 2. The van der Waals surface area contributed by atoms with Gasteiger partial charge in [-0.1, -0.05) is 12.1 Å². The summed E-state index contributed by atoms with van der Waals surface area (Å²) in [4.78, 5) is 3.01. The predicted octanol–water partition coefficient (Wildman–Crippen LogP) is 3.57.